The van der Waals surface area contributed by atoms with Crippen LogP contribution in [-0.2, 0) is 14.3 Å². The van der Waals surface area contributed by atoms with Gasteiger partial charge in [0.15, 0.2) is 24.1 Å². The molecule has 0 fully saturated rings. The first-order valence-electron chi connectivity index (χ1n) is 7.59. The number of esters is 1. The van der Waals surface area contributed by atoms with Crippen LogP contribution >= 0.6 is 0 Å². The minimum absolute atomic E-state index is 0.474. The Morgan fingerprint density at radius 1 is 1.04 bits per heavy atom. The summed E-state index contributed by atoms with van der Waals surface area (Å²) in [4.78, 5) is 23.9. The summed E-state index contributed by atoms with van der Waals surface area (Å²) < 4.78 is 44.4. The molecule has 0 aliphatic heterocycles. The Hall–Kier alpha value is -2.83. The van der Waals surface area contributed by atoms with Gasteiger partial charge in [-0.2, -0.15) is 0 Å². The van der Waals surface area contributed by atoms with E-state index in [0.717, 1.165) is 11.6 Å². The lowest BCUT2D eigenvalue weighted by Gasteiger charge is -2.14. The van der Waals surface area contributed by atoms with E-state index in [9.17, 15) is 22.8 Å². The molecular formula is C18H16F3NO3. The maximum absolute atomic E-state index is 13.5. The molecule has 0 saturated carbocycles. The van der Waals surface area contributed by atoms with Crippen molar-refractivity contribution in [1.82, 2.24) is 0 Å². The van der Waals surface area contributed by atoms with Crippen molar-refractivity contribution in [2.75, 3.05) is 11.9 Å². The Labute approximate surface area is 142 Å². The van der Waals surface area contributed by atoms with Gasteiger partial charge in [0.1, 0.15) is 0 Å². The van der Waals surface area contributed by atoms with Crippen LogP contribution in [-0.4, -0.2) is 18.5 Å². The molecule has 1 N–H and O–H groups in total. The number of halogens is 3. The molecule has 0 aliphatic rings. The summed E-state index contributed by atoms with van der Waals surface area (Å²) in [6.07, 6.45) is 0.474. The lowest BCUT2D eigenvalue weighted by molar-refractivity contribution is -0.149. The van der Waals surface area contributed by atoms with Crippen molar-refractivity contribution in [3.63, 3.8) is 0 Å². The molecule has 0 aliphatic carbocycles. The van der Waals surface area contributed by atoms with Gasteiger partial charge in [-0.05, 0) is 24.1 Å². The van der Waals surface area contributed by atoms with E-state index in [-0.39, 0.29) is 0 Å². The summed E-state index contributed by atoms with van der Waals surface area (Å²) in [7, 11) is 0. The molecule has 0 saturated heterocycles. The highest BCUT2D eigenvalue weighted by Gasteiger charge is 2.21. The van der Waals surface area contributed by atoms with Gasteiger partial charge in [0.2, 0.25) is 0 Å². The van der Waals surface area contributed by atoms with Crippen LogP contribution in [0.4, 0.5) is 18.9 Å². The van der Waals surface area contributed by atoms with Crippen LogP contribution in [0.15, 0.2) is 42.5 Å². The monoisotopic (exact) mass is 351 g/mol. The zero-order valence-corrected chi connectivity index (χ0v) is 13.4. The molecular weight excluding hydrogens is 335 g/mol. The smallest absolute Gasteiger partial charge is 0.313 e. The molecule has 7 heteroatoms. The molecule has 25 heavy (non-hydrogen) atoms. The third kappa shape index (κ3) is 4.59. The second-order valence-corrected chi connectivity index (χ2v) is 5.25. The predicted molar refractivity (Wildman–Crippen MR) is 85.4 cm³/mol. The summed E-state index contributed by atoms with van der Waals surface area (Å²) in [5, 5.41) is 2.03. The Morgan fingerprint density at radius 3 is 2.36 bits per heavy atom. The average Bonchev–Trinajstić information content (AvgIpc) is 2.62. The van der Waals surface area contributed by atoms with Crippen LogP contribution in [0.25, 0.3) is 0 Å². The van der Waals surface area contributed by atoms with Crippen molar-refractivity contribution in [3.05, 3.63) is 65.5 Å². The standard InChI is InChI=1S/C18H16F3NO3/c1-2-12(11-6-4-3-5-7-11)18(24)25-10-15(23)22-14-9-8-13(19)16(20)17(14)21/h3-9,12H,2,10H2,1H3,(H,22,23)/t12-/m1/s1. The molecule has 0 heterocycles. The molecule has 0 bridgehead atoms. The van der Waals surface area contributed by atoms with Gasteiger partial charge in [-0.3, -0.25) is 9.59 Å². The van der Waals surface area contributed by atoms with Gasteiger partial charge in [0, 0.05) is 0 Å². The highest BCUT2D eigenvalue weighted by Crippen LogP contribution is 2.21. The number of hydrogen-bond donors (Lipinski definition) is 1. The SMILES string of the molecule is CC[C@@H](C(=O)OCC(=O)Nc1ccc(F)c(F)c1F)c1ccccc1. The van der Waals surface area contributed by atoms with Gasteiger partial charge < -0.3 is 10.1 Å². The Kier molecular flexibility index (Phi) is 6.16. The van der Waals surface area contributed by atoms with Gasteiger partial charge >= 0.3 is 5.97 Å². The lowest BCUT2D eigenvalue weighted by atomic mass is 9.97. The number of benzene rings is 2. The maximum atomic E-state index is 13.5. The van der Waals surface area contributed by atoms with Crippen LogP contribution < -0.4 is 5.32 Å². The molecule has 0 aromatic heterocycles. The van der Waals surface area contributed by atoms with Crippen molar-refractivity contribution in [2.45, 2.75) is 19.3 Å². The fourth-order valence-electron chi connectivity index (χ4n) is 2.27. The van der Waals surface area contributed by atoms with E-state index in [1.54, 1.807) is 31.2 Å². The zero-order valence-electron chi connectivity index (χ0n) is 13.4. The third-order valence-corrected chi connectivity index (χ3v) is 3.55. The molecule has 2 aromatic carbocycles. The van der Waals surface area contributed by atoms with Crippen molar-refractivity contribution < 1.29 is 27.5 Å². The van der Waals surface area contributed by atoms with Gasteiger partial charge in [-0.1, -0.05) is 37.3 Å². The van der Waals surface area contributed by atoms with Crippen molar-refractivity contribution in [3.8, 4) is 0 Å². The fourth-order valence-corrected chi connectivity index (χ4v) is 2.27. The van der Waals surface area contributed by atoms with Crippen LogP contribution in [0.5, 0.6) is 0 Å². The summed E-state index contributed by atoms with van der Waals surface area (Å²) >= 11 is 0. The van der Waals surface area contributed by atoms with Gasteiger partial charge in [-0.25, -0.2) is 13.2 Å². The summed E-state index contributed by atoms with van der Waals surface area (Å²) in [6, 6.07) is 10.5. The predicted octanol–water partition coefficient (Wildman–Crippen LogP) is 3.78. The highest BCUT2D eigenvalue weighted by molar-refractivity contribution is 5.93. The van der Waals surface area contributed by atoms with Crippen LogP contribution in [0.1, 0.15) is 24.8 Å². The van der Waals surface area contributed by atoms with Crippen LogP contribution in [0.3, 0.4) is 0 Å². The van der Waals surface area contributed by atoms with Crippen molar-refractivity contribution >= 4 is 17.6 Å². The topological polar surface area (TPSA) is 55.4 Å². The first-order chi connectivity index (χ1) is 11.9. The molecule has 0 spiro atoms. The molecule has 2 rings (SSSR count). The van der Waals surface area contributed by atoms with E-state index >= 15 is 0 Å². The normalized spacial score (nSPS) is 11.7. The number of ether oxygens (including phenoxy) is 1. The van der Waals surface area contributed by atoms with Crippen LogP contribution in [0, 0.1) is 17.5 Å². The summed E-state index contributed by atoms with van der Waals surface area (Å²) in [5.41, 5.74) is 0.220. The Bertz CT molecular complexity index is 766. The molecule has 4 nitrogen and oxygen atoms in total. The number of anilines is 1. The van der Waals surface area contributed by atoms with Gasteiger partial charge in [-0.15, -0.1) is 0 Å². The number of carbonyl (C=O) groups excluding carboxylic acids is 2. The number of hydrogen-bond acceptors (Lipinski definition) is 3. The van der Waals surface area contributed by atoms with E-state index in [4.69, 9.17) is 4.74 Å². The summed E-state index contributed by atoms with van der Waals surface area (Å²) in [5.74, 6) is -6.57. The van der Waals surface area contributed by atoms with E-state index in [1.807, 2.05) is 11.4 Å². The quantitative estimate of drug-likeness (QED) is 0.637. The van der Waals surface area contributed by atoms with Gasteiger partial charge in [0.05, 0.1) is 11.6 Å². The first-order valence-corrected chi connectivity index (χ1v) is 7.59. The minimum Gasteiger partial charge on any atom is -0.455 e. The second kappa shape index (κ2) is 8.32. The number of carbonyl (C=O) groups is 2. The molecule has 1 atom stereocenters. The third-order valence-electron chi connectivity index (χ3n) is 3.55. The number of nitrogens with one attached hydrogen (secondary N) is 1. The maximum Gasteiger partial charge on any atom is 0.313 e. The zero-order chi connectivity index (χ0) is 18.4. The highest BCUT2D eigenvalue weighted by atomic mass is 19.2. The van der Waals surface area contributed by atoms with E-state index in [0.29, 0.717) is 12.5 Å². The number of amides is 1. The molecule has 0 radical (unpaired) electrons. The Morgan fingerprint density at radius 2 is 1.72 bits per heavy atom. The number of rotatable bonds is 6. The Balaban J connectivity index is 1.95. The van der Waals surface area contributed by atoms with Crippen molar-refractivity contribution in [1.29, 1.82) is 0 Å². The van der Waals surface area contributed by atoms with E-state index < -0.39 is 47.5 Å². The van der Waals surface area contributed by atoms with E-state index in [2.05, 4.69) is 0 Å². The van der Waals surface area contributed by atoms with Crippen LogP contribution in [0.2, 0.25) is 0 Å². The molecule has 132 valence electrons. The molecule has 1 amide bonds. The van der Waals surface area contributed by atoms with Gasteiger partial charge in [0.25, 0.3) is 5.91 Å². The van der Waals surface area contributed by atoms with Crippen molar-refractivity contribution in [2.24, 2.45) is 0 Å². The van der Waals surface area contributed by atoms with E-state index in [1.165, 1.54) is 0 Å². The largest absolute Gasteiger partial charge is 0.455 e. The second-order valence-electron chi connectivity index (χ2n) is 5.25. The fraction of sp³-hybridized carbons (Fsp3) is 0.222. The lowest BCUT2D eigenvalue weighted by Crippen LogP contribution is -2.24. The molecule has 0 unspecified atom stereocenters. The molecule has 2 aromatic rings. The average molecular weight is 351 g/mol. The summed E-state index contributed by atoms with van der Waals surface area (Å²) in [6.45, 7) is 1.14. The first kappa shape index (κ1) is 18.5. The minimum atomic E-state index is -1.69.